The normalized spacial score (nSPS) is 10.7. The molecule has 2 heterocycles. The van der Waals surface area contributed by atoms with Gasteiger partial charge in [-0.15, -0.1) is 11.3 Å². The molecule has 6 heteroatoms. The molecule has 2 aromatic heterocycles. The number of rotatable bonds is 4. The third kappa shape index (κ3) is 2.86. The van der Waals surface area contributed by atoms with Gasteiger partial charge in [-0.3, -0.25) is 0 Å². The first-order chi connectivity index (χ1) is 8.10. The summed E-state index contributed by atoms with van der Waals surface area (Å²) in [7, 11) is 0. The van der Waals surface area contributed by atoms with E-state index in [2.05, 4.69) is 34.5 Å². The van der Waals surface area contributed by atoms with E-state index < -0.39 is 5.97 Å². The number of aryl methyl sites for hydroxylation is 1. The van der Waals surface area contributed by atoms with Gasteiger partial charge < -0.3 is 9.67 Å². The van der Waals surface area contributed by atoms with Gasteiger partial charge in [0.2, 0.25) is 0 Å². The van der Waals surface area contributed by atoms with Gasteiger partial charge in [0.05, 0.1) is 6.54 Å². The van der Waals surface area contributed by atoms with E-state index in [1.807, 2.05) is 12.4 Å². The molecular formula is C11H11IN2O2S. The SMILES string of the molecule is CCc1cnc(Cn2cc(I)cc2C(=O)O)s1. The van der Waals surface area contributed by atoms with Crippen LogP contribution in [0.5, 0.6) is 0 Å². The largest absolute Gasteiger partial charge is 0.477 e. The summed E-state index contributed by atoms with van der Waals surface area (Å²) >= 11 is 3.74. The number of nitrogens with zero attached hydrogens (tertiary/aromatic N) is 2. The number of carboxylic acids is 1. The lowest BCUT2D eigenvalue weighted by atomic mass is 10.4. The molecule has 17 heavy (non-hydrogen) atoms. The minimum atomic E-state index is -0.903. The highest BCUT2D eigenvalue weighted by Crippen LogP contribution is 2.18. The molecule has 0 spiro atoms. The van der Waals surface area contributed by atoms with Crippen LogP contribution in [0.3, 0.4) is 0 Å². The number of thiazole rings is 1. The predicted molar refractivity (Wildman–Crippen MR) is 74.7 cm³/mol. The Morgan fingerprint density at radius 1 is 1.65 bits per heavy atom. The molecule has 2 rings (SSSR count). The first kappa shape index (κ1) is 12.6. The molecule has 0 saturated carbocycles. The fourth-order valence-electron chi connectivity index (χ4n) is 1.51. The summed E-state index contributed by atoms with van der Waals surface area (Å²) in [6.45, 7) is 2.61. The van der Waals surface area contributed by atoms with Gasteiger partial charge in [0.15, 0.2) is 0 Å². The van der Waals surface area contributed by atoms with Crippen molar-refractivity contribution in [2.45, 2.75) is 19.9 Å². The van der Waals surface area contributed by atoms with E-state index >= 15 is 0 Å². The summed E-state index contributed by atoms with van der Waals surface area (Å²) in [5, 5.41) is 10.0. The minimum Gasteiger partial charge on any atom is -0.477 e. The molecular weight excluding hydrogens is 351 g/mol. The molecule has 1 N–H and O–H groups in total. The van der Waals surface area contributed by atoms with E-state index in [9.17, 15) is 4.79 Å². The Labute approximate surface area is 116 Å². The Morgan fingerprint density at radius 2 is 2.41 bits per heavy atom. The second-order valence-corrected chi connectivity index (χ2v) is 6.00. The van der Waals surface area contributed by atoms with Gasteiger partial charge in [0.1, 0.15) is 10.7 Å². The van der Waals surface area contributed by atoms with E-state index in [4.69, 9.17) is 5.11 Å². The molecule has 0 aliphatic rings. The molecule has 0 atom stereocenters. The summed E-state index contributed by atoms with van der Waals surface area (Å²) < 4.78 is 2.65. The lowest BCUT2D eigenvalue weighted by molar-refractivity contribution is 0.0685. The molecule has 0 saturated heterocycles. The van der Waals surface area contributed by atoms with Crippen LogP contribution in [-0.4, -0.2) is 20.6 Å². The molecule has 0 bridgehead atoms. The fraction of sp³-hybridized carbons (Fsp3) is 0.273. The van der Waals surface area contributed by atoms with E-state index in [-0.39, 0.29) is 0 Å². The number of aromatic nitrogens is 2. The molecule has 0 radical (unpaired) electrons. The molecule has 0 fully saturated rings. The van der Waals surface area contributed by atoms with Crippen LogP contribution < -0.4 is 0 Å². The third-order valence-corrected chi connectivity index (χ3v) is 4.05. The molecule has 0 unspecified atom stereocenters. The van der Waals surface area contributed by atoms with E-state index in [0.717, 1.165) is 15.0 Å². The van der Waals surface area contributed by atoms with Crippen molar-refractivity contribution in [3.05, 3.63) is 37.6 Å². The summed E-state index contributed by atoms with van der Waals surface area (Å²) in [5.74, 6) is -0.903. The van der Waals surface area contributed by atoms with Crippen LogP contribution >= 0.6 is 33.9 Å². The maximum Gasteiger partial charge on any atom is 0.352 e. The molecule has 4 nitrogen and oxygen atoms in total. The molecule has 90 valence electrons. The van der Waals surface area contributed by atoms with Gasteiger partial charge in [0.25, 0.3) is 0 Å². The van der Waals surface area contributed by atoms with Gasteiger partial charge in [-0.25, -0.2) is 9.78 Å². The zero-order chi connectivity index (χ0) is 12.4. The summed E-state index contributed by atoms with van der Waals surface area (Å²) in [5.41, 5.74) is 0.308. The zero-order valence-electron chi connectivity index (χ0n) is 9.18. The number of aromatic carboxylic acids is 1. The Kier molecular flexibility index (Phi) is 3.82. The smallest absolute Gasteiger partial charge is 0.352 e. The molecule has 0 aliphatic carbocycles. The van der Waals surface area contributed by atoms with Crippen molar-refractivity contribution in [1.82, 2.24) is 9.55 Å². The maximum absolute atomic E-state index is 11.0. The lowest BCUT2D eigenvalue weighted by Crippen LogP contribution is -2.08. The topological polar surface area (TPSA) is 55.1 Å². The second-order valence-electron chi connectivity index (χ2n) is 3.55. The summed E-state index contributed by atoms with van der Waals surface area (Å²) in [6, 6.07) is 1.66. The molecule has 0 aromatic carbocycles. The van der Waals surface area contributed by atoms with E-state index in [1.165, 1.54) is 4.88 Å². The quantitative estimate of drug-likeness (QED) is 0.851. The maximum atomic E-state index is 11.0. The van der Waals surface area contributed by atoms with E-state index in [0.29, 0.717) is 12.2 Å². The van der Waals surface area contributed by atoms with Crippen molar-refractivity contribution in [2.24, 2.45) is 0 Å². The highest BCUT2D eigenvalue weighted by molar-refractivity contribution is 14.1. The molecule has 0 amide bonds. The standard InChI is InChI=1S/C11H11IN2O2S/c1-2-8-4-13-10(17-8)6-14-5-7(12)3-9(14)11(15)16/h3-5H,2,6H2,1H3,(H,15,16). The molecule has 2 aromatic rings. The van der Waals surface area contributed by atoms with Crippen LogP contribution in [0, 0.1) is 3.57 Å². The van der Waals surface area contributed by atoms with Crippen LogP contribution in [0.2, 0.25) is 0 Å². The Bertz CT molecular complexity index is 547. The number of hydrogen-bond acceptors (Lipinski definition) is 3. The van der Waals surface area contributed by atoms with Crippen LogP contribution in [0.15, 0.2) is 18.5 Å². The monoisotopic (exact) mass is 362 g/mol. The zero-order valence-corrected chi connectivity index (χ0v) is 12.2. The van der Waals surface area contributed by atoms with Gasteiger partial charge >= 0.3 is 5.97 Å². The van der Waals surface area contributed by atoms with Gasteiger partial charge in [-0.05, 0) is 35.1 Å². The first-order valence-corrected chi connectivity index (χ1v) is 7.02. The first-order valence-electron chi connectivity index (χ1n) is 5.12. The van der Waals surface area contributed by atoms with Gasteiger partial charge in [-0.2, -0.15) is 0 Å². The van der Waals surface area contributed by atoms with Gasteiger partial charge in [0, 0.05) is 20.8 Å². The average Bonchev–Trinajstić information content (AvgIpc) is 2.85. The number of hydrogen-bond donors (Lipinski definition) is 1. The highest BCUT2D eigenvalue weighted by atomic mass is 127. The van der Waals surface area contributed by atoms with Crippen LogP contribution in [-0.2, 0) is 13.0 Å². The van der Waals surface area contributed by atoms with Crippen LogP contribution in [0.1, 0.15) is 27.3 Å². The van der Waals surface area contributed by atoms with Crippen molar-refractivity contribution in [3.63, 3.8) is 0 Å². The molecule has 0 aliphatic heterocycles. The highest BCUT2D eigenvalue weighted by Gasteiger charge is 2.12. The van der Waals surface area contributed by atoms with Crippen molar-refractivity contribution in [2.75, 3.05) is 0 Å². The van der Waals surface area contributed by atoms with Crippen molar-refractivity contribution >= 4 is 39.9 Å². The van der Waals surface area contributed by atoms with Crippen molar-refractivity contribution < 1.29 is 9.90 Å². The Hall–Kier alpha value is -0.890. The summed E-state index contributed by atoms with van der Waals surface area (Å²) in [6.07, 6.45) is 4.65. The summed E-state index contributed by atoms with van der Waals surface area (Å²) in [4.78, 5) is 16.6. The third-order valence-electron chi connectivity index (χ3n) is 2.34. The predicted octanol–water partition coefficient (Wildman–Crippen LogP) is 2.86. The van der Waals surface area contributed by atoms with Crippen LogP contribution in [0.25, 0.3) is 0 Å². The number of carbonyl (C=O) groups is 1. The Morgan fingerprint density at radius 3 is 3.00 bits per heavy atom. The van der Waals surface area contributed by atoms with Crippen molar-refractivity contribution in [1.29, 1.82) is 0 Å². The minimum absolute atomic E-state index is 0.308. The van der Waals surface area contributed by atoms with Crippen LogP contribution in [0.4, 0.5) is 0 Å². The van der Waals surface area contributed by atoms with Crippen molar-refractivity contribution in [3.8, 4) is 0 Å². The number of carboxylic acid groups (broad SMARTS) is 1. The fourth-order valence-corrected chi connectivity index (χ4v) is 3.01. The Balaban J connectivity index is 2.26. The van der Waals surface area contributed by atoms with Gasteiger partial charge in [-0.1, -0.05) is 6.92 Å². The second kappa shape index (κ2) is 5.18. The lowest BCUT2D eigenvalue weighted by Gasteiger charge is -2.02. The number of halogens is 1. The average molecular weight is 362 g/mol. The van der Waals surface area contributed by atoms with E-state index in [1.54, 1.807) is 22.0 Å².